The maximum Gasteiger partial charge on any atom is 0.136 e. The first-order chi connectivity index (χ1) is 8.33. The van der Waals surface area contributed by atoms with Crippen LogP contribution in [-0.4, -0.2) is 10.2 Å². The Morgan fingerprint density at radius 3 is 3.12 bits per heavy atom. The van der Waals surface area contributed by atoms with E-state index in [1.807, 2.05) is 30.5 Å². The monoisotopic (exact) mass is 291 g/mol. The summed E-state index contributed by atoms with van der Waals surface area (Å²) < 4.78 is 6.31. The second kappa shape index (κ2) is 4.25. The third kappa shape index (κ3) is 2.06. The molecular formula is C12H10BrN3O. The van der Waals surface area contributed by atoms with Crippen LogP contribution in [0.2, 0.25) is 0 Å². The standard InChI is InChI=1S/C12H10BrN3O/c13-10-3-4-17-12(10)7-14-9-2-1-8-6-15-16-11(8)5-9/h1-6,14H,7H2,(H,15,16). The second-order valence-electron chi connectivity index (χ2n) is 3.72. The Kier molecular flexibility index (Phi) is 2.60. The number of nitrogens with zero attached hydrogens (tertiary/aromatic N) is 1. The number of H-pyrrole nitrogens is 1. The van der Waals surface area contributed by atoms with Gasteiger partial charge in [-0.3, -0.25) is 5.10 Å². The molecule has 2 N–H and O–H groups in total. The van der Waals surface area contributed by atoms with Crippen LogP contribution >= 0.6 is 15.9 Å². The van der Waals surface area contributed by atoms with Gasteiger partial charge < -0.3 is 9.73 Å². The van der Waals surface area contributed by atoms with Crippen LogP contribution in [0.15, 0.2) is 45.6 Å². The fourth-order valence-electron chi connectivity index (χ4n) is 1.68. The van der Waals surface area contributed by atoms with Crippen LogP contribution in [-0.2, 0) is 6.54 Å². The predicted molar refractivity (Wildman–Crippen MR) is 69.8 cm³/mol. The highest BCUT2D eigenvalue weighted by atomic mass is 79.9. The minimum absolute atomic E-state index is 0.646. The number of halogens is 1. The van der Waals surface area contributed by atoms with Crippen LogP contribution < -0.4 is 5.32 Å². The molecule has 0 bridgehead atoms. The zero-order chi connectivity index (χ0) is 11.7. The fourth-order valence-corrected chi connectivity index (χ4v) is 2.02. The fraction of sp³-hybridized carbons (Fsp3) is 0.0833. The van der Waals surface area contributed by atoms with Gasteiger partial charge in [-0.15, -0.1) is 0 Å². The summed E-state index contributed by atoms with van der Waals surface area (Å²) in [5.74, 6) is 0.884. The molecule has 0 unspecified atom stereocenters. The lowest BCUT2D eigenvalue weighted by Gasteiger charge is -2.04. The molecule has 3 aromatic rings. The largest absolute Gasteiger partial charge is 0.466 e. The average Bonchev–Trinajstić information content (AvgIpc) is 2.94. The van der Waals surface area contributed by atoms with E-state index in [0.717, 1.165) is 26.8 Å². The number of fused-ring (bicyclic) bond motifs is 1. The Balaban J connectivity index is 1.78. The number of anilines is 1. The molecule has 0 atom stereocenters. The van der Waals surface area contributed by atoms with Crippen molar-refractivity contribution >= 4 is 32.5 Å². The normalized spacial score (nSPS) is 10.9. The average molecular weight is 292 g/mol. The van der Waals surface area contributed by atoms with Gasteiger partial charge in [0.25, 0.3) is 0 Å². The van der Waals surface area contributed by atoms with Gasteiger partial charge in [0, 0.05) is 11.1 Å². The maximum absolute atomic E-state index is 5.33. The number of benzene rings is 1. The minimum Gasteiger partial charge on any atom is -0.466 e. The van der Waals surface area contributed by atoms with Crippen molar-refractivity contribution in [2.75, 3.05) is 5.32 Å². The van der Waals surface area contributed by atoms with Crippen LogP contribution in [0.1, 0.15) is 5.76 Å². The lowest BCUT2D eigenvalue weighted by Crippen LogP contribution is -1.98. The third-order valence-corrected chi connectivity index (χ3v) is 3.29. The minimum atomic E-state index is 0.646. The molecule has 0 aliphatic rings. The molecule has 5 heteroatoms. The maximum atomic E-state index is 5.33. The summed E-state index contributed by atoms with van der Waals surface area (Å²) in [6, 6.07) is 7.96. The van der Waals surface area contributed by atoms with Crippen molar-refractivity contribution in [3.63, 3.8) is 0 Å². The van der Waals surface area contributed by atoms with Crippen LogP contribution in [0.5, 0.6) is 0 Å². The van der Waals surface area contributed by atoms with Crippen molar-refractivity contribution < 1.29 is 4.42 Å². The van der Waals surface area contributed by atoms with Crippen LogP contribution in [0.4, 0.5) is 5.69 Å². The SMILES string of the molecule is Brc1ccoc1CNc1ccc2cn[nH]c2c1. The molecule has 0 amide bonds. The molecule has 0 radical (unpaired) electrons. The van der Waals surface area contributed by atoms with E-state index in [2.05, 4.69) is 31.4 Å². The van der Waals surface area contributed by atoms with Crippen molar-refractivity contribution in [1.82, 2.24) is 10.2 Å². The molecule has 0 aliphatic heterocycles. The Hall–Kier alpha value is -1.75. The summed E-state index contributed by atoms with van der Waals surface area (Å²) in [5, 5.41) is 11.3. The molecule has 17 heavy (non-hydrogen) atoms. The smallest absolute Gasteiger partial charge is 0.136 e. The summed E-state index contributed by atoms with van der Waals surface area (Å²) in [7, 11) is 0. The van der Waals surface area contributed by atoms with Gasteiger partial charge in [-0.05, 0) is 40.2 Å². The molecule has 0 fully saturated rings. The Morgan fingerprint density at radius 1 is 1.35 bits per heavy atom. The van der Waals surface area contributed by atoms with Gasteiger partial charge in [0.2, 0.25) is 0 Å². The highest BCUT2D eigenvalue weighted by Gasteiger charge is 2.03. The number of aromatic amines is 1. The zero-order valence-corrected chi connectivity index (χ0v) is 10.5. The van der Waals surface area contributed by atoms with E-state index in [4.69, 9.17) is 4.42 Å². The highest BCUT2D eigenvalue weighted by molar-refractivity contribution is 9.10. The Labute approximate surface area is 106 Å². The third-order valence-electron chi connectivity index (χ3n) is 2.59. The molecule has 1 aromatic carbocycles. The summed E-state index contributed by atoms with van der Waals surface area (Å²) in [5.41, 5.74) is 2.05. The van der Waals surface area contributed by atoms with Gasteiger partial charge in [0.15, 0.2) is 0 Å². The van der Waals surface area contributed by atoms with Crippen LogP contribution in [0.3, 0.4) is 0 Å². The van der Waals surface area contributed by atoms with Gasteiger partial charge in [0.1, 0.15) is 5.76 Å². The Bertz CT molecular complexity index is 644. The second-order valence-corrected chi connectivity index (χ2v) is 4.57. The summed E-state index contributed by atoms with van der Waals surface area (Å²) >= 11 is 3.42. The number of hydrogen-bond acceptors (Lipinski definition) is 3. The molecule has 0 saturated heterocycles. The van der Waals surface area contributed by atoms with Crippen molar-refractivity contribution in [2.45, 2.75) is 6.54 Å². The van der Waals surface area contributed by atoms with Crippen molar-refractivity contribution in [1.29, 1.82) is 0 Å². The first-order valence-corrected chi connectivity index (χ1v) is 6.01. The molecule has 0 spiro atoms. The molecule has 2 aromatic heterocycles. The van der Waals surface area contributed by atoms with E-state index in [1.54, 1.807) is 6.26 Å². The number of furan rings is 1. The van der Waals surface area contributed by atoms with Crippen molar-refractivity contribution in [3.8, 4) is 0 Å². The number of aromatic nitrogens is 2. The Morgan fingerprint density at radius 2 is 2.29 bits per heavy atom. The highest BCUT2D eigenvalue weighted by Crippen LogP contribution is 2.20. The number of rotatable bonds is 3. The summed E-state index contributed by atoms with van der Waals surface area (Å²) in [4.78, 5) is 0. The zero-order valence-electron chi connectivity index (χ0n) is 8.90. The molecular weight excluding hydrogens is 282 g/mol. The summed E-state index contributed by atoms with van der Waals surface area (Å²) in [6.45, 7) is 0.646. The first kappa shape index (κ1) is 10.4. The van der Waals surface area contributed by atoms with E-state index in [9.17, 15) is 0 Å². The van der Waals surface area contributed by atoms with E-state index in [1.165, 1.54) is 0 Å². The van der Waals surface area contributed by atoms with E-state index >= 15 is 0 Å². The van der Waals surface area contributed by atoms with Gasteiger partial charge in [-0.1, -0.05) is 0 Å². The molecule has 0 aliphatic carbocycles. The van der Waals surface area contributed by atoms with Crippen LogP contribution in [0.25, 0.3) is 10.9 Å². The molecule has 4 nitrogen and oxygen atoms in total. The van der Waals surface area contributed by atoms with Crippen molar-refractivity contribution in [3.05, 3.63) is 47.0 Å². The van der Waals surface area contributed by atoms with Crippen LogP contribution in [0, 0.1) is 0 Å². The molecule has 3 rings (SSSR count). The quantitative estimate of drug-likeness (QED) is 0.776. The van der Waals surface area contributed by atoms with E-state index < -0.39 is 0 Å². The molecule has 2 heterocycles. The van der Waals surface area contributed by atoms with Gasteiger partial charge in [-0.2, -0.15) is 5.10 Å². The van der Waals surface area contributed by atoms with E-state index in [0.29, 0.717) is 6.54 Å². The topological polar surface area (TPSA) is 53.9 Å². The number of hydrogen-bond donors (Lipinski definition) is 2. The van der Waals surface area contributed by atoms with Gasteiger partial charge in [-0.25, -0.2) is 0 Å². The first-order valence-electron chi connectivity index (χ1n) is 5.22. The van der Waals surface area contributed by atoms with E-state index in [-0.39, 0.29) is 0 Å². The van der Waals surface area contributed by atoms with Crippen molar-refractivity contribution in [2.24, 2.45) is 0 Å². The predicted octanol–water partition coefficient (Wildman–Crippen LogP) is 3.53. The van der Waals surface area contributed by atoms with Gasteiger partial charge in [0.05, 0.1) is 29.0 Å². The number of nitrogens with one attached hydrogen (secondary N) is 2. The lowest BCUT2D eigenvalue weighted by molar-refractivity contribution is 0.516. The molecule has 0 saturated carbocycles. The lowest BCUT2D eigenvalue weighted by atomic mass is 10.2. The molecule has 86 valence electrons. The summed E-state index contributed by atoms with van der Waals surface area (Å²) in [6.07, 6.45) is 3.47. The van der Waals surface area contributed by atoms with Gasteiger partial charge >= 0.3 is 0 Å².